The van der Waals surface area contributed by atoms with Crippen molar-refractivity contribution in [3.05, 3.63) is 48.2 Å². The average Bonchev–Trinajstić information content (AvgIpc) is 2.75. The lowest BCUT2D eigenvalue weighted by atomic mass is 9.90. The molecule has 0 atom stereocenters. The molecule has 1 fully saturated rings. The first kappa shape index (κ1) is 22.0. The third-order valence-electron chi connectivity index (χ3n) is 4.83. The number of hydrogen-bond donors (Lipinski definition) is 1. The predicted molar refractivity (Wildman–Crippen MR) is 113 cm³/mol. The average molecular weight is 415 g/mol. The highest BCUT2D eigenvalue weighted by atomic mass is 16.7. The van der Waals surface area contributed by atoms with E-state index >= 15 is 0 Å². The molecule has 1 N–H and O–H groups in total. The van der Waals surface area contributed by atoms with E-state index in [-0.39, 0.29) is 19.1 Å². The second-order valence-electron chi connectivity index (χ2n) is 7.78. The molecule has 1 aliphatic heterocycles. The molecule has 3 rings (SSSR count). The molecule has 1 aromatic heterocycles. The van der Waals surface area contributed by atoms with Crippen molar-refractivity contribution < 1.29 is 23.7 Å². The van der Waals surface area contributed by atoms with Crippen LogP contribution >= 0.6 is 0 Å². The topological polar surface area (TPSA) is 82.2 Å². The summed E-state index contributed by atoms with van der Waals surface area (Å²) in [6, 6.07) is 11.0. The van der Waals surface area contributed by atoms with Gasteiger partial charge >= 0.3 is 0 Å². The van der Waals surface area contributed by atoms with Crippen LogP contribution in [0.25, 0.3) is 0 Å². The van der Waals surface area contributed by atoms with Crippen LogP contribution < -0.4 is 14.8 Å². The minimum atomic E-state index is -0.802. The number of carbonyl (C=O) groups is 1. The van der Waals surface area contributed by atoms with Crippen molar-refractivity contribution in [2.75, 3.05) is 52.9 Å². The Hall–Kier alpha value is -2.68. The van der Waals surface area contributed by atoms with Gasteiger partial charge in [-0.1, -0.05) is 12.1 Å². The number of likely N-dealkylation sites (N-methyl/N-ethyl adjacent to an activating group) is 1. The molecule has 8 nitrogen and oxygen atoms in total. The summed E-state index contributed by atoms with van der Waals surface area (Å²) in [6.45, 7) is 3.66. The second-order valence-corrected chi connectivity index (χ2v) is 7.78. The van der Waals surface area contributed by atoms with Gasteiger partial charge in [0.1, 0.15) is 12.4 Å². The van der Waals surface area contributed by atoms with E-state index in [0.717, 1.165) is 17.9 Å². The number of nitrogens with zero attached hydrogens (tertiary/aromatic N) is 2. The Bertz CT molecular complexity index is 816. The van der Waals surface area contributed by atoms with E-state index < -0.39 is 11.7 Å². The van der Waals surface area contributed by atoms with Crippen molar-refractivity contribution in [1.82, 2.24) is 9.88 Å². The first-order chi connectivity index (χ1) is 14.4. The standard InChI is InChI=1S/C22H29N3O5/c1-22(14-29-20(30-15-22)16-5-8-18(27-4)9-6-16)21(26)24-17-7-10-19(23-13-17)28-12-11-25(2)3/h5-10,13,20H,11-12,14-15H2,1-4H3,(H,24,26). The zero-order valence-electron chi connectivity index (χ0n) is 17.9. The quantitative estimate of drug-likeness (QED) is 0.710. The van der Waals surface area contributed by atoms with Gasteiger partial charge < -0.3 is 29.2 Å². The van der Waals surface area contributed by atoms with Crippen molar-refractivity contribution in [2.45, 2.75) is 13.2 Å². The third-order valence-corrected chi connectivity index (χ3v) is 4.83. The van der Waals surface area contributed by atoms with E-state index in [2.05, 4.69) is 10.3 Å². The van der Waals surface area contributed by atoms with Gasteiger partial charge in [0.25, 0.3) is 0 Å². The maximum Gasteiger partial charge on any atom is 0.235 e. The fourth-order valence-electron chi connectivity index (χ4n) is 2.85. The molecular weight excluding hydrogens is 386 g/mol. The van der Waals surface area contributed by atoms with Gasteiger partial charge in [-0.15, -0.1) is 0 Å². The van der Waals surface area contributed by atoms with Crippen molar-refractivity contribution in [3.8, 4) is 11.6 Å². The molecule has 0 aliphatic carbocycles. The number of carbonyl (C=O) groups excluding carboxylic acids is 1. The summed E-state index contributed by atoms with van der Waals surface area (Å²) >= 11 is 0. The van der Waals surface area contributed by atoms with Crippen LogP contribution in [0.1, 0.15) is 18.8 Å². The molecule has 0 spiro atoms. The normalized spacial score (nSPS) is 21.3. The first-order valence-electron chi connectivity index (χ1n) is 9.82. The third kappa shape index (κ3) is 5.69. The fraction of sp³-hybridized carbons (Fsp3) is 0.455. The number of ether oxygens (including phenoxy) is 4. The molecular formula is C22H29N3O5. The molecule has 0 radical (unpaired) electrons. The summed E-state index contributed by atoms with van der Waals surface area (Å²) in [4.78, 5) is 19.1. The number of rotatable bonds is 8. The smallest absolute Gasteiger partial charge is 0.235 e. The van der Waals surface area contributed by atoms with Gasteiger partial charge in [0.2, 0.25) is 11.8 Å². The summed E-state index contributed by atoms with van der Waals surface area (Å²) < 4.78 is 22.4. The Balaban J connectivity index is 1.51. The van der Waals surface area contributed by atoms with Gasteiger partial charge in [-0.25, -0.2) is 4.98 Å². The summed E-state index contributed by atoms with van der Waals surface area (Å²) in [5, 5.41) is 2.88. The van der Waals surface area contributed by atoms with Crippen LogP contribution in [0.4, 0.5) is 5.69 Å². The number of pyridine rings is 1. The maximum atomic E-state index is 12.8. The van der Waals surface area contributed by atoms with Gasteiger partial charge in [0, 0.05) is 18.2 Å². The molecule has 2 aromatic rings. The molecule has 1 aromatic carbocycles. The monoisotopic (exact) mass is 415 g/mol. The number of aromatic nitrogens is 1. The number of anilines is 1. The molecule has 162 valence electrons. The highest BCUT2D eigenvalue weighted by molar-refractivity contribution is 5.95. The highest BCUT2D eigenvalue weighted by Gasteiger charge is 2.40. The molecule has 0 saturated carbocycles. The van der Waals surface area contributed by atoms with Gasteiger partial charge in [-0.2, -0.15) is 0 Å². The lowest BCUT2D eigenvalue weighted by Gasteiger charge is -2.36. The fourth-order valence-corrected chi connectivity index (χ4v) is 2.85. The Kier molecular flexibility index (Phi) is 7.25. The van der Waals surface area contributed by atoms with Gasteiger partial charge in [-0.3, -0.25) is 4.79 Å². The number of hydrogen-bond acceptors (Lipinski definition) is 7. The van der Waals surface area contributed by atoms with Gasteiger partial charge in [0.05, 0.1) is 37.6 Å². The molecule has 0 unspecified atom stereocenters. The van der Waals surface area contributed by atoms with Crippen molar-refractivity contribution in [1.29, 1.82) is 0 Å². The summed E-state index contributed by atoms with van der Waals surface area (Å²) in [6.07, 6.45) is 1.08. The molecule has 8 heteroatoms. The van der Waals surface area contributed by atoms with Crippen LogP contribution in [0.5, 0.6) is 11.6 Å². The first-order valence-corrected chi connectivity index (χ1v) is 9.82. The van der Waals surface area contributed by atoms with Gasteiger partial charge in [0.15, 0.2) is 6.29 Å². The molecule has 1 saturated heterocycles. The Morgan fingerprint density at radius 2 is 1.90 bits per heavy atom. The Morgan fingerprint density at radius 3 is 2.47 bits per heavy atom. The molecule has 0 bridgehead atoms. The van der Waals surface area contributed by atoms with E-state index in [4.69, 9.17) is 18.9 Å². The summed E-state index contributed by atoms with van der Waals surface area (Å²) in [5.74, 6) is 1.10. The second kappa shape index (κ2) is 9.88. The van der Waals surface area contributed by atoms with E-state index in [9.17, 15) is 4.79 Å². The van der Waals surface area contributed by atoms with Crippen molar-refractivity contribution in [3.63, 3.8) is 0 Å². The van der Waals surface area contributed by atoms with Crippen LogP contribution in [0.15, 0.2) is 42.6 Å². The van der Waals surface area contributed by atoms with Crippen LogP contribution in [0, 0.1) is 5.41 Å². The predicted octanol–water partition coefficient (Wildman–Crippen LogP) is 2.72. The van der Waals surface area contributed by atoms with Gasteiger partial charge in [-0.05, 0) is 39.2 Å². The van der Waals surface area contributed by atoms with Crippen LogP contribution in [-0.4, -0.2) is 63.4 Å². The SMILES string of the molecule is COc1ccc(C2OCC(C)(C(=O)Nc3ccc(OCCN(C)C)nc3)CO2)cc1. The zero-order valence-corrected chi connectivity index (χ0v) is 17.9. The minimum absolute atomic E-state index is 0.182. The number of benzene rings is 1. The Morgan fingerprint density at radius 1 is 1.20 bits per heavy atom. The minimum Gasteiger partial charge on any atom is -0.497 e. The van der Waals surface area contributed by atoms with Crippen molar-refractivity contribution in [2.24, 2.45) is 5.41 Å². The molecule has 30 heavy (non-hydrogen) atoms. The van der Waals surface area contributed by atoms with E-state index in [1.54, 1.807) is 25.4 Å². The number of amides is 1. The lowest BCUT2D eigenvalue weighted by molar-refractivity contribution is -0.226. The Labute approximate surface area is 177 Å². The maximum absolute atomic E-state index is 12.8. The lowest BCUT2D eigenvalue weighted by Crippen LogP contribution is -2.45. The zero-order chi connectivity index (χ0) is 21.6. The van der Waals surface area contributed by atoms with Crippen molar-refractivity contribution >= 4 is 11.6 Å². The summed E-state index contributed by atoms with van der Waals surface area (Å²) in [7, 11) is 5.58. The van der Waals surface area contributed by atoms with Crippen LogP contribution in [0.3, 0.4) is 0 Å². The number of methoxy groups -OCH3 is 1. The van der Waals surface area contributed by atoms with E-state index in [1.165, 1.54) is 0 Å². The van der Waals surface area contributed by atoms with E-state index in [0.29, 0.717) is 18.2 Å². The van der Waals surface area contributed by atoms with Crippen LogP contribution in [-0.2, 0) is 14.3 Å². The van der Waals surface area contributed by atoms with E-state index in [1.807, 2.05) is 50.2 Å². The molecule has 2 heterocycles. The largest absolute Gasteiger partial charge is 0.497 e. The number of nitrogens with one attached hydrogen (secondary N) is 1. The van der Waals surface area contributed by atoms with Crippen LogP contribution in [0.2, 0.25) is 0 Å². The molecule has 1 amide bonds. The molecule has 1 aliphatic rings. The highest BCUT2D eigenvalue weighted by Crippen LogP contribution is 2.33. The summed E-state index contributed by atoms with van der Waals surface area (Å²) in [5.41, 5.74) is 0.676.